The number of carbonyl (C=O) groups is 2. The molecule has 1 saturated heterocycles. The number of hydrogen-bond acceptors (Lipinski definition) is 3. The van der Waals surface area contributed by atoms with Crippen LogP contribution in [-0.4, -0.2) is 17.6 Å². The smallest absolute Gasteiger partial charge is 0.238 e. The van der Waals surface area contributed by atoms with Gasteiger partial charge in [0.1, 0.15) is 5.37 Å². The van der Waals surface area contributed by atoms with Gasteiger partial charge in [0.25, 0.3) is 0 Å². The summed E-state index contributed by atoms with van der Waals surface area (Å²) in [6, 6.07) is 16.1. The van der Waals surface area contributed by atoms with Gasteiger partial charge in [-0.2, -0.15) is 0 Å². The van der Waals surface area contributed by atoms with E-state index < -0.39 is 0 Å². The summed E-state index contributed by atoms with van der Waals surface area (Å²) in [5.41, 5.74) is 4.12. The van der Waals surface area contributed by atoms with Crippen molar-refractivity contribution in [1.29, 1.82) is 0 Å². The maximum atomic E-state index is 12.6. The van der Waals surface area contributed by atoms with Crippen molar-refractivity contribution in [2.75, 3.05) is 16.0 Å². The third-order valence-corrected chi connectivity index (χ3v) is 6.33. The number of carbonyl (C=O) groups excluding carboxylic acids is 2. The molecule has 1 atom stereocenters. The Morgan fingerprint density at radius 3 is 2.34 bits per heavy atom. The molecule has 1 fully saturated rings. The summed E-state index contributed by atoms with van der Waals surface area (Å²) in [6.07, 6.45) is 2.45. The number of nitrogens with zero attached hydrogens (tertiary/aromatic N) is 1. The molecule has 2 aromatic carbocycles. The molecule has 0 spiro atoms. The maximum absolute atomic E-state index is 12.6. The van der Waals surface area contributed by atoms with Gasteiger partial charge in [-0.25, -0.2) is 0 Å². The van der Waals surface area contributed by atoms with Crippen molar-refractivity contribution in [2.24, 2.45) is 0 Å². The van der Waals surface area contributed by atoms with E-state index in [0.717, 1.165) is 29.8 Å². The second kappa shape index (κ2) is 9.04. The second-order valence-electron chi connectivity index (χ2n) is 8.50. The molecular weight excluding hydrogens is 380 g/mol. The third-order valence-electron chi connectivity index (χ3n) is 5.12. The lowest BCUT2D eigenvalue weighted by Gasteiger charge is -2.26. The Morgan fingerprint density at radius 2 is 1.76 bits per heavy atom. The summed E-state index contributed by atoms with van der Waals surface area (Å²) < 4.78 is 0. The predicted octanol–water partition coefficient (Wildman–Crippen LogP) is 5.89. The van der Waals surface area contributed by atoms with Crippen LogP contribution in [-0.2, 0) is 15.0 Å². The average Bonchev–Trinajstić information content (AvgIpc) is 3.08. The van der Waals surface area contributed by atoms with Crippen LogP contribution in [0.4, 0.5) is 11.4 Å². The van der Waals surface area contributed by atoms with Crippen LogP contribution in [0.2, 0.25) is 0 Å². The van der Waals surface area contributed by atoms with E-state index in [-0.39, 0.29) is 22.6 Å². The molecule has 2 aromatic rings. The number of hydrogen-bond donors (Lipinski definition) is 1. The third kappa shape index (κ3) is 5.21. The predicted molar refractivity (Wildman–Crippen MR) is 122 cm³/mol. The van der Waals surface area contributed by atoms with E-state index in [1.807, 2.05) is 41.3 Å². The minimum absolute atomic E-state index is 0.0468. The molecule has 2 amide bonds. The van der Waals surface area contributed by atoms with E-state index in [0.29, 0.717) is 12.2 Å². The van der Waals surface area contributed by atoms with Gasteiger partial charge in [0.2, 0.25) is 11.8 Å². The van der Waals surface area contributed by atoms with Crippen LogP contribution in [0.25, 0.3) is 0 Å². The lowest BCUT2D eigenvalue weighted by molar-refractivity contribution is -0.116. The van der Waals surface area contributed by atoms with Gasteiger partial charge < -0.3 is 5.32 Å². The molecule has 3 rings (SSSR count). The molecule has 1 aliphatic heterocycles. The molecule has 1 N–H and O–H groups in total. The highest BCUT2D eigenvalue weighted by molar-refractivity contribution is 8.00. The molecule has 0 bridgehead atoms. The Morgan fingerprint density at radius 1 is 1.10 bits per heavy atom. The molecule has 0 saturated carbocycles. The number of benzene rings is 2. The van der Waals surface area contributed by atoms with Crippen molar-refractivity contribution in [3.05, 3.63) is 59.7 Å². The lowest BCUT2D eigenvalue weighted by Crippen LogP contribution is -2.28. The highest BCUT2D eigenvalue weighted by Crippen LogP contribution is 2.42. The van der Waals surface area contributed by atoms with Crippen LogP contribution < -0.4 is 10.2 Å². The molecule has 0 aliphatic carbocycles. The van der Waals surface area contributed by atoms with E-state index in [4.69, 9.17) is 0 Å². The molecule has 4 nitrogen and oxygen atoms in total. The van der Waals surface area contributed by atoms with Crippen LogP contribution in [0, 0.1) is 0 Å². The molecular formula is C24H30N2O2S. The highest BCUT2D eigenvalue weighted by atomic mass is 32.2. The quantitative estimate of drug-likeness (QED) is 0.646. The molecule has 154 valence electrons. The van der Waals surface area contributed by atoms with E-state index in [2.05, 4.69) is 45.1 Å². The molecule has 1 heterocycles. The van der Waals surface area contributed by atoms with Gasteiger partial charge in [0, 0.05) is 17.8 Å². The fourth-order valence-electron chi connectivity index (χ4n) is 3.36. The molecule has 0 aromatic heterocycles. The molecule has 1 aliphatic rings. The first-order valence-electron chi connectivity index (χ1n) is 10.2. The van der Waals surface area contributed by atoms with Gasteiger partial charge in [-0.05, 0) is 47.2 Å². The molecule has 5 heteroatoms. The zero-order chi connectivity index (χ0) is 21.0. The maximum Gasteiger partial charge on any atom is 0.238 e. The number of unbranched alkanes of at least 4 members (excludes halogenated alkanes) is 1. The Labute approximate surface area is 178 Å². The minimum Gasteiger partial charge on any atom is -0.326 e. The zero-order valence-corrected chi connectivity index (χ0v) is 18.5. The summed E-state index contributed by atoms with van der Waals surface area (Å²) in [6.45, 7) is 8.63. The molecule has 0 unspecified atom stereocenters. The summed E-state index contributed by atoms with van der Waals surface area (Å²) in [5, 5.41) is 2.89. The highest BCUT2D eigenvalue weighted by Gasteiger charge is 2.34. The zero-order valence-electron chi connectivity index (χ0n) is 17.7. The summed E-state index contributed by atoms with van der Waals surface area (Å²) >= 11 is 1.64. The molecule has 29 heavy (non-hydrogen) atoms. The Bertz CT molecular complexity index is 854. The number of amides is 2. The first kappa shape index (κ1) is 21.4. The number of anilines is 2. The van der Waals surface area contributed by atoms with E-state index in [1.165, 1.54) is 5.56 Å². The van der Waals surface area contributed by atoms with Crippen molar-refractivity contribution >= 4 is 35.0 Å². The Hall–Kier alpha value is -2.27. The minimum atomic E-state index is -0.0483. The van der Waals surface area contributed by atoms with Crippen molar-refractivity contribution in [3.63, 3.8) is 0 Å². The van der Waals surface area contributed by atoms with Crippen LogP contribution in [0.5, 0.6) is 0 Å². The standard InChI is InChI=1S/C24H30N2O2S/c1-5-6-7-21(27)25-19-12-8-17(9-13-19)23-26(22(28)16-29-23)20-14-10-18(11-15-20)24(2,3)4/h8-15,23H,5-7,16H2,1-4H3,(H,25,27)/t23-/m1/s1. The summed E-state index contributed by atoms with van der Waals surface area (Å²) in [5.74, 6) is 0.646. The number of rotatable bonds is 6. The largest absolute Gasteiger partial charge is 0.326 e. The van der Waals surface area contributed by atoms with Crippen LogP contribution in [0.3, 0.4) is 0 Å². The van der Waals surface area contributed by atoms with E-state index in [1.54, 1.807) is 11.8 Å². The number of nitrogens with one attached hydrogen (secondary N) is 1. The van der Waals surface area contributed by atoms with Gasteiger partial charge in [-0.1, -0.05) is 58.4 Å². The second-order valence-corrected chi connectivity index (χ2v) is 9.57. The summed E-state index contributed by atoms with van der Waals surface area (Å²) in [4.78, 5) is 26.4. The van der Waals surface area contributed by atoms with Crippen molar-refractivity contribution in [2.45, 2.75) is 57.7 Å². The van der Waals surface area contributed by atoms with E-state index >= 15 is 0 Å². The average molecular weight is 411 g/mol. The fourth-order valence-corrected chi connectivity index (χ4v) is 4.54. The first-order chi connectivity index (χ1) is 13.8. The number of thioether (sulfide) groups is 1. The topological polar surface area (TPSA) is 49.4 Å². The Kier molecular flexibility index (Phi) is 6.68. The van der Waals surface area contributed by atoms with Crippen molar-refractivity contribution in [1.82, 2.24) is 0 Å². The Balaban J connectivity index is 1.75. The van der Waals surface area contributed by atoms with Gasteiger partial charge in [-0.3, -0.25) is 14.5 Å². The van der Waals surface area contributed by atoms with E-state index in [9.17, 15) is 9.59 Å². The monoisotopic (exact) mass is 410 g/mol. The first-order valence-corrected chi connectivity index (χ1v) is 11.3. The summed E-state index contributed by atoms with van der Waals surface area (Å²) in [7, 11) is 0. The SMILES string of the molecule is CCCCC(=O)Nc1ccc([C@H]2SCC(=O)N2c2ccc(C(C)(C)C)cc2)cc1. The van der Waals surface area contributed by atoms with Gasteiger partial charge in [0.15, 0.2) is 0 Å². The van der Waals surface area contributed by atoms with Gasteiger partial charge in [-0.15, -0.1) is 11.8 Å². The normalized spacial score (nSPS) is 16.9. The lowest BCUT2D eigenvalue weighted by atomic mass is 9.87. The van der Waals surface area contributed by atoms with Crippen LogP contribution >= 0.6 is 11.8 Å². The van der Waals surface area contributed by atoms with Gasteiger partial charge >= 0.3 is 0 Å². The molecule has 0 radical (unpaired) electrons. The van der Waals surface area contributed by atoms with Crippen molar-refractivity contribution < 1.29 is 9.59 Å². The van der Waals surface area contributed by atoms with Crippen LogP contribution in [0.1, 0.15) is 63.5 Å². The van der Waals surface area contributed by atoms with Gasteiger partial charge in [0.05, 0.1) is 5.75 Å². The van der Waals surface area contributed by atoms with Crippen LogP contribution in [0.15, 0.2) is 48.5 Å². The van der Waals surface area contributed by atoms with Crippen molar-refractivity contribution in [3.8, 4) is 0 Å². The fraction of sp³-hybridized carbons (Fsp3) is 0.417.